The molecule has 0 amide bonds. The highest BCUT2D eigenvalue weighted by molar-refractivity contribution is 4.92. The summed E-state index contributed by atoms with van der Waals surface area (Å²) in [5.41, 5.74) is 0.349. The lowest BCUT2D eigenvalue weighted by atomic mass is 9.59. The van der Waals surface area contributed by atoms with E-state index in [0.717, 1.165) is 11.8 Å². The molecule has 0 radical (unpaired) electrons. The summed E-state index contributed by atoms with van der Waals surface area (Å²) in [4.78, 5) is 0. The number of hydrogen-bond donors (Lipinski definition) is 1. The molecule has 3 unspecified atom stereocenters. The Kier molecular flexibility index (Phi) is 2.64. The van der Waals surface area contributed by atoms with Crippen LogP contribution in [0.25, 0.3) is 0 Å². The van der Waals surface area contributed by atoms with Gasteiger partial charge in [-0.3, -0.25) is 0 Å². The lowest BCUT2D eigenvalue weighted by Crippen LogP contribution is -2.39. The Hall–Kier alpha value is -0.0400. The monoisotopic (exact) mass is 182 g/mol. The normalized spacial score (nSPS) is 44.8. The van der Waals surface area contributed by atoms with Gasteiger partial charge >= 0.3 is 0 Å². The average Bonchev–Trinajstić information content (AvgIpc) is 2.17. The third-order valence-electron chi connectivity index (χ3n) is 4.34. The molecule has 0 aromatic heterocycles. The SMILES string of the molecule is CCC1CC2CCCC(CO)(C1)C2. The zero-order valence-corrected chi connectivity index (χ0v) is 8.76. The summed E-state index contributed by atoms with van der Waals surface area (Å²) < 4.78 is 0. The molecule has 2 aliphatic rings. The quantitative estimate of drug-likeness (QED) is 0.696. The van der Waals surface area contributed by atoms with Gasteiger partial charge in [0, 0.05) is 6.61 Å². The number of hydrogen-bond acceptors (Lipinski definition) is 1. The fourth-order valence-corrected chi connectivity index (χ4v) is 3.66. The van der Waals surface area contributed by atoms with Gasteiger partial charge in [-0.15, -0.1) is 0 Å². The number of rotatable bonds is 2. The van der Waals surface area contributed by atoms with Crippen LogP contribution in [-0.2, 0) is 0 Å². The minimum Gasteiger partial charge on any atom is -0.396 e. The molecule has 2 rings (SSSR count). The van der Waals surface area contributed by atoms with Gasteiger partial charge < -0.3 is 5.11 Å². The largest absolute Gasteiger partial charge is 0.396 e. The van der Waals surface area contributed by atoms with Gasteiger partial charge in [0.25, 0.3) is 0 Å². The van der Waals surface area contributed by atoms with E-state index in [2.05, 4.69) is 6.92 Å². The van der Waals surface area contributed by atoms with Gasteiger partial charge in [0.15, 0.2) is 0 Å². The highest BCUT2D eigenvalue weighted by atomic mass is 16.3. The minimum absolute atomic E-state index is 0.349. The van der Waals surface area contributed by atoms with E-state index >= 15 is 0 Å². The van der Waals surface area contributed by atoms with Crippen molar-refractivity contribution in [3.05, 3.63) is 0 Å². The van der Waals surface area contributed by atoms with E-state index < -0.39 is 0 Å². The maximum absolute atomic E-state index is 9.51. The summed E-state index contributed by atoms with van der Waals surface area (Å²) in [6, 6.07) is 0. The van der Waals surface area contributed by atoms with Crippen LogP contribution in [0.2, 0.25) is 0 Å². The van der Waals surface area contributed by atoms with Crippen LogP contribution in [0.4, 0.5) is 0 Å². The van der Waals surface area contributed by atoms with E-state index in [1.54, 1.807) is 0 Å². The Morgan fingerprint density at radius 1 is 1.38 bits per heavy atom. The first-order valence-electron chi connectivity index (χ1n) is 5.89. The van der Waals surface area contributed by atoms with E-state index in [1.807, 2.05) is 0 Å². The van der Waals surface area contributed by atoms with Crippen molar-refractivity contribution in [1.29, 1.82) is 0 Å². The molecule has 2 aliphatic carbocycles. The predicted molar refractivity (Wildman–Crippen MR) is 54.5 cm³/mol. The van der Waals surface area contributed by atoms with Gasteiger partial charge in [-0.2, -0.15) is 0 Å². The predicted octanol–water partition coefficient (Wildman–Crippen LogP) is 2.98. The third-order valence-corrected chi connectivity index (χ3v) is 4.34. The molecular weight excluding hydrogens is 160 g/mol. The van der Waals surface area contributed by atoms with Gasteiger partial charge in [0.1, 0.15) is 0 Å². The van der Waals surface area contributed by atoms with Crippen molar-refractivity contribution in [2.75, 3.05) is 6.61 Å². The molecule has 0 aliphatic heterocycles. The summed E-state index contributed by atoms with van der Waals surface area (Å²) in [5.74, 6) is 1.85. The highest BCUT2D eigenvalue weighted by Gasteiger charge is 2.41. The standard InChI is InChI=1S/C12H22O/c1-2-10-6-11-4-3-5-12(7-10,8-11)9-13/h10-11,13H,2-9H2,1H3. The first-order chi connectivity index (χ1) is 6.28. The van der Waals surface area contributed by atoms with Crippen molar-refractivity contribution in [3.63, 3.8) is 0 Å². The van der Waals surface area contributed by atoms with Crippen LogP contribution in [0.3, 0.4) is 0 Å². The van der Waals surface area contributed by atoms with Gasteiger partial charge in [-0.1, -0.05) is 26.2 Å². The fraction of sp³-hybridized carbons (Fsp3) is 1.00. The molecule has 0 saturated heterocycles. The Balaban J connectivity index is 2.08. The molecule has 0 aromatic carbocycles. The van der Waals surface area contributed by atoms with Gasteiger partial charge in [0.05, 0.1) is 0 Å². The Bertz CT molecular complexity index is 178. The van der Waals surface area contributed by atoms with Gasteiger partial charge in [-0.05, 0) is 42.9 Å². The van der Waals surface area contributed by atoms with Crippen LogP contribution in [0, 0.1) is 17.3 Å². The molecule has 76 valence electrons. The van der Waals surface area contributed by atoms with Crippen molar-refractivity contribution in [2.45, 2.75) is 51.9 Å². The molecule has 0 heterocycles. The first-order valence-corrected chi connectivity index (χ1v) is 5.89. The lowest BCUT2D eigenvalue weighted by Gasteiger charge is -2.47. The average molecular weight is 182 g/mol. The maximum Gasteiger partial charge on any atom is 0.0487 e. The van der Waals surface area contributed by atoms with Crippen LogP contribution in [-0.4, -0.2) is 11.7 Å². The molecule has 2 fully saturated rings. The molecule has 1 N–H and O–H groups in total. The fourth-order valence-electron chi connectivity index (χ4n) is 3.66. The molecule has 0 spiro atoms. The number of fused-ring (bicyclic) bond motifs is 2. The van der Waals surface area contributed by atoms with Crippen molar-refractivity contribution >= 4 is 0 Å². The van der Waals surface area contributed by atoms with Crippen molar-refractivity contribution in [3.8, 4) is 0 Å². The molecule has 0 aromatic rings. The number of aliphatic hydroxyl groups is 1. The zero-order chi connectivity index (χ0) is 9.31. The second kappa shape index (κ2) is 3.61. The van der Waals surface area contributed by atoms with Crippen LogP contribution < -0.4 is 0 Å². The van der Waals surface area contributed by atoms with E-state index in [1.165, 1.54) is 44.9 Å². The van der Waals surface area contributed by atoms with E-state index in [0.29, 0.717) is 12.0 Å². The molecule has 3 atom stereocenters. The molecule has 1 nitrogen and oxygen atoms in total. The minimum atomic E-state index is 0.349. The molecule has 1 heteroatoms. The summed E-state index contributed by atoms with van der Waals surface area (Å²) in [6.07, 6.45) is 9.46. The molecule has 2 saturated carbocycles. The summed E-state index contributed by atoms with van der Waals surface area (Å²) in [6.45, 7) is 2.75. The van der Waals surface area contributed by atoms with Crippen molar-refractivity contribution < 1.29 is 5.11 Å². The van der Waals surface area contributed by atoms with Crippen molar-refractivity contribution in [1.82, 2.24) is 0 Å². The first kappa shape index (κ1) is 9.51. The highest BCUT2D eigenvalue weighted by Crippen LogP contribution is 2.51. The van der Waals surface area contributed by atoms with E-state index in [9.17, 15) is 5.11 Å². The maximum atomic E-state index is 9.51. The second-order valence-corrected chi connectivity index (χ2v) is 5.33. The Morgan fingerprint density at radius 3 is 2.92 bits per heavy atom. The van der Waals surface area contributed by atoms with E-state index in [-0.39, 0.29) is 0 Å². The van der Waals surface area contributed by atoms with Gasteiger partial charge in [0.2, 0.25) is 0 Å². The van der Waals surface area contributed by atoms with E-state index in [4.69, 9.17) is 0 Å². The topological polar surface area (TPSA) is 20.2 Å². The summed E-state index contributed by atoms with van der Waals surface area (Å²) in [5, 5.41) is 9.51. The second-order valence-electron chi connectivity index (χ2n) is 5.33. The smallest absolute Gasteiger partial charge is 0.0487 e. The summed E-state index contributed by atoms with van der Waals surface area (Å²) >= 11 is 0. The number of aliphatic hydroxyl groups excluding tert-OH is 1. The van der Waals surface area contributed by atoms with Crippen LogP contribution in [0.5, 0.6) is 0 Å². The summed E-state index contributed by atoms with van der Waals surface area (Å²) in [7, 11) is 0. The molecular formula is C12H22O. The van der Waals surface area contributed by atoms with Crippen molar-refractivity contribution in [2.24, 2.45) is 17.3 Å². The van der Waals surface area contributed by atoms with Gasteiger partial charge in [-0.25, -0.2) is 0 Å². The molecule has 13 heavy (non-hydrogen) atoms. The Morgan fingerprint density at radius 2 is 2.23 bits per heavy atom. The Labute approximate surface area is 81.5 Å². The van der Waals surface area contributed by atoms with Crippen LogP contribution in [0.1, 0.15) is 51.9 Å². The molecule has 2 bridgehead atoms. The van der Waals surface area contributed by atoms with Crippen LogP contribution >= 0.6 is 0 Å². The zero-order valence-electron chi connectivity index (χ0n) is 8.76. The lowest BCUT2D eigenvalue weighted by molar-refractivity contribution is -0.00860. The third kappa shape index (κ3) is 1.76. The van der Waals surface area contributed by atoms with Crippen LogP contribution in [0.15, 0.2) is 0 Å².